The Hall–Kier alpha value is -3.38. The summed E-state index contributed by atoms with van der Waals surface area (Å²) in [4.78, 5) is 12.4. The van der Waals surface area contributed by atoms with Crippen molar-refractivity contribution >= 4 is 33.4 Å². The van der Waals surface area contributed by atoms with Gasteiger partial charge in [-0.15, -0.1) is 0 Å². The molecular weight excluding hydrogens is 388 g/mol. The lowest BCUT2D eigenvalue weighted by molar-refractivity contribution is 0.422. The van der Waals surface area contributed by atoms with Crippen LogP contribution in [0.4, 0.5) is 0 Å². The van der Waals surface area contributed by atoms with Gasteiger partial charge in [0.2, 0.25) is 0 Å². The molecule has 0 saturated carbocycles. The summed E-state index contributed by atoms with van der Waals surface area (Å²) in [5, 5.41) is 6.76. The van der Waals surface area contributed by atoms with Crippen LogP contribution in [0.15, 0.2) is 53.2 Å². The van der Waals surface area contributed by atoms with Crippen molar-refractivity contribution in [1.29, 1.82) is 0 Å². The van der Waals surface area contributed by atoms with E-state index in [0.717, 1.165) is 38.9 Å². The number of aromatic amines is 1. The summed E-state index contributed by atoms with van der Waals surface area (Å²) in [7, 11) is 0. The molecule has 0 saturated heterocycles. The largest absolute Gasteiger partial charge is 0.457 e. The van der Waals surface area contributed by atoms with Crippen molar-refractivity contribution in [2.45, 2.75) is 20.3 Å². The van der Waals surface area contributed by atoms with Gasteiger partial charge in [0.05, 0.1) is 11.7 Å². The van der Waals surface area contributed by atoms with E-state index in [2.05, 4.69) is 20.1 Å². The van der Waals surface area contributed by atoms with E-state index in [0.29, 0.717) is 28.9 Å². The van der Waals surface area contributed by atoms with Gasteiger partial charge in [0.1, 0.15) is 17.2 Å². The fourth-order valence-electron chi connectivity index (χ4n) is 3.45. The Balaban J connectivity index is 1.62. The van der Waals surface area contributed by atoms with Crippen molar-refractivity contribution in [3.8, 4) is 23.1 Å². The highest BCUT2D eigenvalue weighted by molar-refractivity contribution is 6.30. The van der Waals surface area contributed by atoms with Crippen molar-refractivity contribution in [3.05, 3.63) is 65.1 Å². The second-order valence-electron chi connectivity index (χ2n) is 6.78. The van der Waals surface area contributed by atoms with Crippen molar-refractivity contribution in [2.24, 2.45) is 0 Å². The maximum atomic E-state index is 6.00. The molecule has 3 aromatic heterocycles. The third-order valence-corrected chi connectivity index (χ3v) is 5.14. The van der Waals surface area contributed by atoms with Gasteiger partial charge in [0, 0.05) is 27.7 Å². The van der Waals surface area contributed by atoms with E-state index in [9.17, 15) is 0 Å². The number of pyridine rings is 1. The molecule has 0 aliphatic carbocycles. The highest BCUT2D eigenvalue weighted by Crippen LogP contribution is 2.35. The fraction of sp³-hybridized carbons (Fsp3) is 0.136. The number of halogens is 1. The molecule has 0 bridgehead atoms. The summed E-state index contributed by atoms with van der Waals surface area (Å²) < 4.78 is 11.4. The number of ether oxygens (including phenoxy) is 1. The number of fused-ring (bicyclic) bond motifs is 3. The van der Waals surface area contributed by atoms with Crippen molar-refractivity contribution in [2.75, 3.05) is 0 Å². The summed E-state index contributed by atoms with van der Waals surface area (Å²) in [6, 6.07) is 13.2. The number of aromatic nitrogens is 4. The average Bonchev–Trinajstić information content (AvgIpc) is 3.34. The first-order valence-corrected chi connectivity index (χ1v) is 9.67. The van der Waals surface area contributed by atoms with Gasteiger partial charge in [-0.2, -0.15) is 4.98 Å². The first kappa shape index (κ1) is 17.7. The maximum absolute atomic E-state index is 6.00. The van der Waals surface area contributed by atoms with E-state index in [4.69, 9.17) is 20.9 Å². The normalized spacial score (nSPS) is 11.4. The fourth-order valence-corrected chi connectivity index (χ4v) is 3.57. The lowest BCUT2D eigenvalue weighted by Gasteiger charge is -2.06. The van der Waals surface area contributed by atoms with E-state index >= 15 is 0 Å². The van der Waals surface area contributed by atoms with E-state index in [1.54, 1.807) is 18.3 Å². The molecule has 2 aromatic carbocycles. The van der Waals surface area contributed by atoms with Crippen LogP contribution in [0, 0.1) is 6.92 Å². The quantitative estimate of drug-likeness (QED) is 0.392. The lowest BCUT2D eigenvalue weighted by atomic mass is 10.1. The van der Waals surface area contributed by atoms with Gasteiger partial charge in [-0.3, -0.25) is 0 Å². The number of benzene rings is 2. The Morgan fingerprint density at radius 3 is 2.62 bits per heavy atom. The number of hydrogen-bond donors (Lipinski definition) is 1. The van der Waals surface area contributed by atoms with Crippen LogP contribution in [0.1, 0.15) is 18.3 Å². The molecular formula is C22H17ClN4O2. The number of nitrogens with one attached hydrogen (secondary N) is 1. The van der Waals surface area contributed by atoms with Crippen LogP contribution < -0.4 is 4.74 Å². The summed E-state index contributed by atoms with van der Waals surface area (Å²) >= 11 is 5.95. The highest BCUT2D eigenvalue weighted by Gasteiger charge is 2.17. The van der Waals surface area contributed by atoms with Gasteiger partial charge in [-0.1, -0.05) is 23.7 Å². The van der Waals surface area contributed by atoms with Gasteiger partial charge < -0.3 is 14.2 Å². The Bertz CT molecular complexity index is 1340. The van der Waals surface area contributed by atoms with Gasteiger partial charge in [0.15, 0.2) is 5.82 Å². The van der Waals surface area contributed by atoms with Crippen LogP contribution in [-0.4, -0.2) is 20.1 Å². The number of nitrogens with zero attached hydrogens (tertiary/aromatic N) is 3. The number of aryl methyl sites for hydroxylation is 2. The summed E-state index contributed by atoms with van der Waals surface area (Å²) in [5.41, 5.74) is 3.61. The zero-order chi connectivity index (χ0) is 20.0. The molecule has 0 aliphatic heterocycles. The van der Waals surface area contributed by atoms with Gasteiger partial charge >= 0.3 is 0 Å². The first-order chi connectivity index (χ1) is 14.1. The summed E-state index contributed by atoms with van der Waals surface area (Å²) in [6.45, 7) is 4.00. The SMILES string of the molecule is CCc1noc(-c2ncc3[nH]c4ccc(Oc5ccc(Cl)cc5)cc4c3c2C)n1. The van der Waals surface area contributed by atoms with Crippen molar-refractivity contribution in [3.63, 3.8) is 0 Å². The molecule has 0 amide bonds. The van der Waals surface area contributed by atoms with Crippen LogP contribution in [0.25, 0.3) is 33.4 Å². The molecule has 5 rings (SSSR count). The molecule has 3 heterocycles. The van der Waals surface area contributed by atoms with Crippen LogP contribution in [0.2, 0.25) is 5.02 Å². The minimum absolute atomic E-state index is 0.434. The second kappa shape index (κ2) is 6.90. The van der Waals surface area contributed by atoms with Crippen LogP contribution in [0.5, 0.6) is 11.5 Å². The van der Waals surface area contributed by atoms with Crippen LogP contribution in [0.3, 0.4) is 0 Å². The average molecular weight is 405 g/mol. The number of hydrogen-bond acceptors (Lipinski definition) is 5. The zero-order valence-corrected chi connectivity index (χ0v) is 16.6. The maximum Gasteiger partial charge on any atom is 0.276 e. The molecule has 0 spiro atoms. The van der Waals surface area contributed by atoms with Gasteiger partial charge in [-0.05, 0) is 55.0 Å². The molecule has 0 radical (unpaired) electrons. The third-order valence-electron chi connectivity index (χ3n) is 4.89. The highest BCUT2D eigenvalue weighted by atomic mass is 35.5. The molecule has 144 valence electrons. The zero-order valence-electron chi connectivity index (χ0n) is 15.9. The molecule has 1 N–H and O–H groups in total. The van der Waals surface area contributed by atoms with E-state index in [-0.39, 0.29) is 0 Å². The van der Waals surface area contributed by atoms with E-state index in [1.807, 2.05) is 44.2 Å². The molecule has 0 aliphatic rings. The number of H-pyrrole nitrogens is 1. The Morgan fingerprint density at radius 2 is 1.86 bits per heavy atom. The van der Waals surface area contributed by atoms with Crippen molar-refractivity contribution in [1.82, 2.24) is 20.1 Å². The van der Waals surface area contributed by atoms with Gasteiger partial charge in [-0.25, -0.2) is 4.98 Å². The predicted molar refractivity (Wildman–Crippen MR) is 113 cm³/mol. The molecule has 29 heavy (non-hydrogen) atoms. The second-order valence-corrected chi connectivity index (χ2v) is 7.21. The molecule has 0 fully saturated rings. The molecule has 5 aromatic rings. The minimum atomic E-state index is 0.434. The van der Waals surface area contributed by atoms with E-state index < -0.39 is 0 Å². The monoisotopic (exact) mass is 404 g/mol. The Morgan fingerprint density at radius 1 is 1.07 bits per heavy atom. The number of rotatable bonds is 4. The topological polar surface area (TPSA) is 76.8 Å². The smallest absolute Gasteiger partial charge is 0.276 e. The lowest BCUT2D eigenvalue weighted by Crippen LogP contribution is -1.90. The first-order valence-electron chi connectivity index (χ1n) is 9.30. The minimum Gasteiger partial charge on any atom is -0.457 e. The Labute approximate surface area is 171 Å². The Kier molecular flexibility index (Phi) is 4.21. The van der Waals surface area contributed by atoms with Crippen LogP contribution in [-0.2, 0) is 6.42 Å². The molecule has 6 nitrogen and oxygen atoms in total. The van der Waals surface area contributed by atoms with Gasteiger partial charge in [0.25, 0.3) is 5.89 Å². The molecule has 0 atom stereocenters. The standard InChI is InChI=1S/C22H17ClN4O2/c1-3-19-26-22(29-27-19)21-12(2)20-16-10-15(28-14-6-4-13(23)5-7-14)8-9-17(16)25-18(20)11-24-21/h4-11,25H,3H2,1-2H3. The molecule has 7 heteroatoms. The summed E-state index contributed by atoms with van der Waals surface area (Å²) in [5.74, 6) is 2.57. The van der Waals surface area contributed by atoms with Crippen molar-refractivity contribution < 1.29 is 9.26 Å². The molecule has 0 unspecified atom stereocenters. The predicted octanol–water partition coefficient (Wildman–Crippen LogP) is 6.08. The third kappa shape index (κ3) is 3.11. The van der Waals surface area contributed by atoms with Crippen LogP contribution >= 0.6 is 11.6 Å². The van der Waals surface area contributed by atoms with E-state index in [1.165, 1.54) is 0 Å². The summed E-state index contributed by atoms with van der Waals surface area (Å²) in [6.07, 6.45) is 2.51.